The third-order valence-corrected chi connectivity index (χ3v) is 4.93. The van der Waals surface area contributed by atoms with E-state index < -0.39 is 0 Å². The van der Waals surface area contributed by atoms with Crippen LogP contribution in [0.1, 0.15) is 42.6 Å². The number of hydrogen-bond acceptors (Lipinski definition) is 5. The molecule has 0 aliphatic heterocycles. The van der Waals surface area contributed by atoms with Gasteiger partial charge >= 0.3 is 0 Å². The van der Waals surface area contributed by atoms with E-state index in [1.54, 1.807) is 24.0 Å². The highest BCUT2D eigenvalue weighted by Gasteiger charge is 2.17. The Hall–Kier alpha value is -3.25. The summed E-state index contributed by atoms with van der Waals surface area (Å²) >= 11 is 0. The molecule has 0 saturated carbocycles. The Kier molecular flexibility index (Phi) is 4.79. The standard InChI is InChI=1S/C22H23N5O/c1-14(2)15-6-7-20(28-3)17(11-15)18-13-25-27-10-8-19(26-22(18)27)21(23)16-5-4-9-24-12-16/h4-14,21H,23H2,1-3H3. The number of nitrogens with zero attached hydrogens (tertiary/aromatic N) is 4. The van der Waals surface area contributed by atoms with E-state index in [4.69, 9.17) is 15.5 Å². The Morgan fingerprint density at radius 3 is 2.61 bits per heavy atom. The van der Waals surface area contributed by atoms with E-state index in [2.05, 4.69) is 36.1 Å². The average molecular weight is 373 g/mol. The fourth-order valence-corrected chi connectivity index (χ4v) is 3.27. The Morgan fingerprint density at radius 1 is 1.04 bits per heavy atom. The molecule has 0 bridgehead atoms. The summed E-state index contributed by atoms with van der Waals surface area (Å²) < 4.78 is 7.36. The summed E-state index contributed by atoms with van der Waals surface area (Å²) in [5.74, 6) is 1.21. The number of aromatic nitrogens is 4. The molecule has 2 N–H and O–H groups in total. The predicted octanol–water partition coefficient (Wildman–Crippen LogP) is 3.97. The van der Waals surface area contributed by atoms with Crippen molar-refractivity contribution < 1.29 is 4.74 Å². The smallest absolute Gasteiger partial charge is 0.163 e. The van der Waals surface area contributed by atoms with Gasteiger partial charge < -0.3 is 10.5 Å². The maximum atomic E-state index is 6.43. The van der Waals surface area contributed by atoms with E-state index in [1.165, 1.54) is 5.56 Å². The van der Waals surface area contributed by atoms with Gasteiger partial charge in [-0.1, -0.05) is 26.0 Å². The van der Waals surface area contributed by atoms with Gasteiger partial charge in [-0.3, -0.25) is 4.98 Å². The second-order valence-electron chi connectivity index (χ2n) is 7.06. The molecule has 1 atom stereocenters. The number of methoxy groups -OCH3 is 1. The summed E-state index contributed by atoms with van der Waals surface area (Å²) in [5.41, 5.74) is 12.0. The second kappa shape index (κ2) is 7.40. The molecule has 6 nitrogen and oxygen atoms in total. The molecule has 0 spiro atoms. The van der Waals surface area contributed by atoms with Crippen molar-refractivity contribution in [2.75, 3.05) is 7.11 Å². The van der Waals surface area contributed by atoms with Gasteiger partial charge in [0.2, 0.25) is 0 Å². The fourth-order valence-electron chi connectivity index (χ4n) is 3.27. The van der Waals surface area contributed by atoms with Crippen molar-refractivity contribution in [2.45, 2.75) is 25.8 Å². The molecule has 0 amide bonds. The third-order valence-electron chi connectivity index (χ3n) is 4.93. The topological polar surface area (TPSA) is 78.3 Å². The highest BCUT2D eigenvalue weighted by atomic mass is 16.5. The zero-order valence-electron chi connectivity index (χ0n) is 16.2. The van der Waals surface area contributed by atoms with Gasteiger partial charge in [-0.25, -0.2) is 9.50 Å². The van der Waals surface area contributed by atoms with Gasteiger partial charge in [0.15, 0.2) is 5.65 Å². The Morgan fingerprint density at radius 2 is 1.89 bits per heavy atom. The molecule has 0 fully saturated rings. The molecule has 0 aliphatic carbocycles. The quantitative estimate of drug-likeness (QED) is 0.573. The summed E-state index contributed by atoms with van der Waals surface area (Å²) in [6, 6.07) is 11.6. The molecule has 0 radical (unpaired) electrons. The number of hydrogen-bond donors (Lipinski definition) is 1. The monoisotopic (exact) mass is 373 g/mol. The van der Waals surface area contributed by atoms with Gasteiger partial charge in [-0.05, 0) is 41.3 Å². The zero-order chi connectivity index (χ0) is 19.7. The number of fused-ring (bicyclic) bond motifs is 1. The van der Waals surface area contributed by atoms with Crippen LogP contribution in [0.25, 0.3) is 16.8 Å². The van der Waals surface area contributed by atoms with Crippen LogP contribution in [0.5, 0.6) is 5.75 Å². The summed E-state index contributed by atoms with van der Waals surface area (Å²) in [5, 5.41) is 4.46. The van der Waals surface area contributed by atoms with Crippen LogP contribution < -0.4 is 10.5 Å². The van der Waals surface area contributed by atoms with E-state index in [-0.39, 0.29) is 6.04 Å². The number of rotatable bonds is 5. The summed E-state index contributed by atoms with van der Waals surface area (Å²) in [6.07, 6.45) is 7.21. The Balaban J connectivity index is 1.84. The normalized spacial score (nSPS) is 12.5. The maximum Gasteiger partial charge on any atom is 0.163 e. The SMILES string of the molecule is COc1ccc(C(C)C)cc1-c1cnn2ccc(C(N)c3cccnc3)nc12. The van der Waals surface area contributed by atoms with Crippen molar-refractivity contribution in [2.24, 2.45) is 5.73 Å². The molecule has 0 aliphatic rings. The molecule has 142 valence electrons. The van der Waals surface area contributed by atoms with Crippen molar-refractivity contribution >= 4 is 5.65 Å². The molecule has 0 saturated heterocycles. The minimum absolute atomic E-state index is 0.356. The lowest BCUT2D eigenvalue weighted by Gasteiger charge is -2.13. The van der Waals surface area contributed by atoms with Crippen LogP contribution in [-0.2, 0) is 0 Å². The number of ether oxygens (including phenoxy) is 1. The van der Waals surface area contributed by atoms with Gasteiger partial charge in [0.05, 0.1) is 30.6 Å². The molecule has 28 heavy (non-hydrogen) atoms. The van der Waals surface area contributed by atoms with Crippen molar-refractivity contribution in [1.82, 2.24) is 19.6 Å². The van der Waals surface area contributed by atoms with Crippen LogP contribution in [0.2, 0.25) is 0 Å². The summed E-state index contributed by atoms with van der Waals surface area (Å²) in [6.45, 7) is 4.34. The fraction of sp³-hybridized carbons (Fsp3) is 0.227. The van der Waals surface area contributed by atoms with Crippen LogP contribution in [0, 0.1) is 0 Å². The highest BCUT2D eigenvalue weighted by Crippen LogP contribution is 2.35. The van der Waals surface area contributed by atoms with Crippen LogP contribution in [-0.4, -0.2) is 26.7 Å². The van der Waals surface area contributed by atoms with Crippen LogP contribution in [0.15, 0.2) is 61.2 Å². The second-order valence-corrected chi connectivity index (χ2v) is 7.06. The van der Waals surface area contributed by atoms with E-state index in [9.17, 15) is 0 Å². The first-order valence-electron chi connectivity index (χ1n) is 9.26. The first-order valence-corrected chi connectivity index (χ1v) is 9.26. The predicted molar refractivity (Wildman–Crippen MR) is 109 cm³/mol. The number of pyridine rings is 1. The number of nitrogens with two attached hydrogens (primary N) is 1. The van der Waals surface area contributed by atoms with E-state index in [0.717, 1.165) is 33.8 Å². The maximum absolute atomic E-state index is 6.43. The molecule has 1 aromatic carbocycles. The van der Waals surface area contributed by atoms with Crippen LogP contribution in [0.4, 0.5) is 0 Å². The lowest BCUT2D eigenvalue weighted by atomic mass is 9.97. The van der Waals surface area contributed by atoms with Gasteiger partial charge in [-0.15, -0.1) is 0 Å². The minimum atomic E-state index is -0.356. The van der Waals surface area contributed by atoms with Crippen LogP contribution in [0.3, 0.4) is 0 Å². The highest BCUT2D eigenvalue weighted by molar-refractivity contribution is 5.81. The zero-order valence-corrected chi connectivity index (χ0v) is 16.2. The summed E-state index contributed by atoms with van der Waals surface area (Å²) in [4.78, 5) is 8.99. The molecule has 3 heterocycles. The first kappa shape index (κ1) is 18.1. The lowest BCUT2D eigenvalue weighted by molar-refractivity contribution is 0.416. The molecular weight excluding hydrogens is 350 g/mol. The molecule has 1 unspecified atom stereocenters. The van der Waals surface area contributed by atoms with E-state index in [1.807, 2.05) is 36.7 Å². The van der Waals surface area contributed by atoms with Gasteiger partial charge in [0, 0.05) is 24.2 Å². The van der Waals surface area contributed by atoms with Crippen molar-refractivity contribution in [3.8, 4) is 16.9 Å². The lowest BCUT2D eigenvalue weighted by Crippen LogP contribution is -2.14. The van der Waals surface area contributed by atoms with Crippen molar-refractivity contribution in [3.63, 3.8) is 0 Å². The van der Waals surface area contributed by atoms with Gasteiger partial charge in [0.25, 0.3) is 0 Å². The minimum Gasteiger partial charge on any atom is -0.496 e. The summed E-state index contributed by atoms with van der Waals surface area (Å²) in [7, 11) is 1.68. The van der Waals surface area contributed by atoms with Gasteiger partial charge in [-0.2, -0.15) is 5.10 Å². The average Bonchev–Trinajstić information content (AvgIpc) is 3.16. The third kappa shape index (κ3) is 3.23. The molecule has 4 aromatic rings. The van der Waals surface area contributed by atoms with Crippen LogP contribution >= 0.6 is 0 Å². The van der Waals surface area contributed by atoms with Crippen molar-refractivity contribution in [1.29, 1.82) is 0 Å². The molecule has 6 heteroatoms. The number of benzene rings is 1. The molecule has 4 rings (SSSR count). The Bertz CT molecular complexity index is 1100. The Labute approximate surface area is 164 Å². The van der Waals surface area contributed by atoms with Gasteiger partial charge in [0.1, 0.15) is 5.75 Å². The molecular formula is C22H23N5O. The van der Waals surface area contributed by atoms with E-state index in [0.29, 0.717) is 5.92 Å². The molecule has 3 aromatic heterocycles. The first-order chi connectivity index (χ1) is 13.6. The van der Waals surface area contributed by atoms with Crippen molar-refractivity contribution in [3.05, 3.63) is 78.0 Å². The van der Waals surface area contributed by atoms with E-state index >= 15 is 0 Å². The largest absolute Gasteiger partial charge is 0.496 e.